The largest absolute Gasteiger partial charge is 0.508 e. The summed E-state index contributed by atoms with van der Waals surface area (Å²) in [4.78, 5) is 28.4. The van der Waals surface area contributed by atoms with Crippen LogP contribution in [-0.4, -0.2) is 46.2 Å². The lowest BCUT2D eigenvalue weighted by molar-refractivity contribution is -0.115. The minimum absolute atomic E-state index is 0.189. The van der Waals surface area contributed by atoms with Crippen LogP contribution in [0.25, 0.3) is 0 Å². The van der Waals surface area contributed by atoms with Gasteiger partial charge < -0.3 is 15.7 Å². The SMILES string of the molecule is CC1(/C=C2\NC(=O)NC2=O)C=NN2C(NC3CC3)=CC(c3ccc(O)cc3)=NC21. The summed E-state index contributed by atoms with van der Waals surface area (Å²) in [6.45, 7) is 1.92. The van der Waals surface area contributed by atoms with Crippen molar-refractivity contribution in [2.75, 3.05) is 0 Å². The van der Waals surface area contributed by atoms with Gasteiger partial charge in [0, 0.05) is 23.9 Å². The molecule has 2 fully saturated rings. The summed E-state index contributed by atoms with van der Waals surface area (Å²) in [7, 11) is 0. The number of benzene rings is 1. The molecule has 4 aliphatic rings. The number of hydrogen-bond donors (Lipinski definition) is 4. The van der Waals surface area contributed by atoms with Crippen molar-refractivity contribution in [3.05, 3.63) is 53.5 Å². The molecule has 1 saturated heterocycles. The Bertz CT molecular complexity index is 1020. The molecule has 0 aromatic heterocycles. The number of urea groups is 1. The summed E-state index contributed by atoms with van der Waals surface area (Å²) >= 11 is 0. The predicted octanol–water partition coefficient (Wildman–Crippen LogP) is 1.15. The van der Waals surface area contributed by atoms with Crippen molar-refractivity contribution in [3.63, 3.8) is 0 Å². The average molecular weight is 392 g/mol. The van der Waals surface area contributed by atoms with Gasteiger partial charge in [-0.15, -0.1) is 0 Å². The number of nitrogens with one attached hydrogen (secondary N) is 3. The molecule has 148 valence electrons. The summed E-state index contributed by atoms with van der Waals surface area (Å²) in [6.07, 6.45) is 7.18. The van der Waals surface area contributed by atoms with Crippen LogP contribution in [0.2, 0.25) is 0 Å². The first kappa shape index (κ1) is 17.5. The first-order valence-corrected chi connectivity index (χ1v) is 9.46. The topological polar surface area (TPSA) is 118 Å². The Hall–Kier alpha value is -3.62. The zero-order chi connectivity index (χ0) is 20.2. The van der Waals surface area contributed by atoms with Gasteiger partial charge in [-0.25, -0.2) is 9.80 Å². The van der Waals surface area contributed by atoms with E-state index in [1.165, 1.54) is 0 Å². The van der Waals surface area contributed by atoms with Crippen molar-refractivity contribution >= 4 is 23.9 Å². The van der Waals surface area contributed by atoms with Gasteiger partial charge in [-0.05, 0) is 50.1 Å². The molecule has 3 heterocycles. The van der Waals surface area contributed by atoms with Gasteiger partial charge in [0.25, 0.3) is 5.91 Å². The number of aliphatic imine (C=N–C) groups is 1. The van der Waals surface area contributed by atoms with Crippen LogP contribution in [0.1, 0.15) is 25.3 Å². The lowest BCUT2D eigenvalue weighted by atomic mass is 9.87. The highest BCUT2D eigenvalue weighted by molar-refractivity contribution is 6.12. The van der Waals surface area contributed by atoms with Crippen molar-refractivity contribution in [2.45, 2.75) is 32.0 Å². The molecule has 29 heavy (non-hydrogen) atoms. The lowest BCUT2D eigenvalue weighted by Gasteiger charge is -2.34. The van der Waals surface area contributed by atoms with Gasteiger partial charge in [-0.2, -0.15) is 5.10 Å². The van der Waals surface area contributed by atoms with Gasteiger partial charge in [-0.3, -0.25) is 15.1 Å². The third-order valence-corrected chi connectivity index (χ3v) is 5.30. The van der Waals surface area contributed by atoms with Crippen LogP contribution >= 0.6 is 0 Å². The van der Waals surface area contributed by atoms with Crippen LogP contribution in [0.15, 0.2) is 58.0 Å². The van der Waals surface area contributed by atoms with Gasteiger partial charge in [0.15, 0.2) is 6.17 Å². The monoisotopic (exact) mass is 392 g/mol. The van der Waals surface area contributed by atoms with Gasteiger partial charge in [0.2, 0.25) is 0 Å². The maximum Gasteiger partial charge on any atom is 0.326 e. The molecule has 1 aliphatic carbocycles. The van der Waals surface area contributed by atoms with E-state index in [9.17, 15) is 14.7 Å². The van der Waals surface area contributed by atoms with Crippen LogP contribution in [-0.2, 0) is 4.79 Å². The first-order valence-electron chi connectivity index (χ1n) is 9.46. The third-order valence-electron chi connectivity index (χ3n) is 5.30. The molecule has 2 unspecified atom stereocenters. The first-order chi connectivity index (χ1) is 13.9. The highest BCUT2D eigenvalue weighted by atomic mass is 16.3. The molecule has 9 nitrogen and oxygen atoms in total. The van der Waals surface area contributed by atoms with Crippen molar-refractivity contribution < 1.29 is 14.7 Å². The van der Waals surface area contributed by atoms with Crippen LogP contribution in [0.3, 0.4) is 0 Å². The van der Waals surface area contributed by atoms with Gasteiger partial charge in [0.05, 0.1) is 11.1 Å². The molecule has 2 atom stereocenters. The van der Waals surface area contributed by atoms with E-state index in [0.29, 0.717) is 6.04 Å². The number of allylic oxidation sites excluding steroid dienone is 1. The molecule has 0 bridgehead atoms. The molecular weight excluding hydrogens is 372 g/mol. The van der Waals surface area contributed by atoms with Crippen LogP contribution in [0.4, 0.5) is 4.79 Å². The predicted molar refractivity (Wildman–Crippen MR) is 106 cm³/mol. The molecule has 1 aromatic carbocycles. The number of hydrogen-bond acceptors (Lipinski definition) is 7. The molecular formula is C20H20N6O3. The zero-order valence-electron chi connectivity index (χ0n) is 15.7. The normalized spacial score (nSPS) is 29.3. The third kappa shape index (κ3) is 3.14. The number of rotatable bonds is 4. The Labute approximate surface area is 166 Å². The molecule has 1 saturated carbocycles. The maximum atomic E-state index is 12.0. The Morgan fingerprint density at radius 1 is 1.24 bits per heavy atom. The number of nitrogens with zero attached hydrogens (tertiary/aromatic N) is 3. The van der Waals surface area contributed by atoms with E-state index in [4.69, 9.17) is 4.99 Å². The van der Waals surface area contributed by atoms with E-state index >= 15 is 0 Å². The zero-order valence-corrected chi connectivity index (χ0v) is 15.7. The van der Waals surface area contributed by atoms with E-state index in [1.807, 2.05) is 30.1 Å². The Balaban J connectivity index is 1.54. The maximum absolute atomic E-state index is 12.0. The Morgan fingerprint density at radius 3 is 2.66 bits per heavy atom. The van der Waals surface area contributed by atoms with Crippen LogP contribution in [0.5, 0.6) is 5.75 Å². The van der Waals surface area contributed by atoms with E-state index in [-0.39, 0.29) is 11.4 Å². The second-order valence-corrected chi connectivity index (χ2v) is 7.80. The van der Waals surface area contributed by atoms with Gasteiger partial charge >= 0.3 is 6.03 Å². The number of hydrazone groups is 1. The molecule has 9 heteroatoms. The number of carbonyl (C=O) groups is 2. The van der Waals surface area contributed by atoms with E-state index in [2.05, 4.69) is 21.1 Å². The molecule has 5 rings (SSSR count). The lowest BCUT2D eigenvalue weighted by Crippen LogP contribution is -2.44. The van der Waals surface area contributed by atoms with Crippen molar-refractivity contribution in [1.82, 2.24) is 21.0 Å². The highest BCUT2D eigenvalue weighted by Gasteiger charge is 2.45. The van der Waals surface area contributed by atoms with Crippen molar-refractivity contribution in [1.29, 1.82) is 0 Å². The number of amides is 3. The number of aromatic hydroxyl groups is 1. The fraction of sp³-hybridized carbons (Fsp3) is 0.300. The summed E-state index contributed by atoms with van der Waals surface area (Å²) in [5.74, 6) is 0.566. The van der Waals surface area contributed by atoms with E-state index in [0.717, 1.165) is 29.9 Å². The molecule has 3 aliphatic heterocycles. The minimum Gasteiger partial charge on any atom is -0.508 e. The van der Waals surface area contributed by atoms with Crippen molar-refractivity contribution in [3.8, 4) is 5.75 Å². The van der Waals surface area contributed by atoms with Crippen LogP contribution in [0, 0.1) is 5.41 Å². The molecule has 3 amide bonds. The number of phenols is 1. The smallest absolute Gasteiger partial charge is 0.326 e. The number of imide groups is 1. The van der Waals surface area contributed by atoms with E-state index < -0.39 is 23.5 Å². The molecule has 0 spiro atoms. The molecule has 4 N–H and O–H groups in total. The molecule has 1 aromatic rings. The number of carbonyl (C=O) groups excluding carboxylic acids is 2. The van der Waals surface area contributed by atoms with Crippen LogP contribution < -0.4 is 16.0 Å². The number of fused-ring (bicyclic) bond motifs is 1. The minimum atomic E-state index is -0.711. The molecule has 0 radical (unpaired) electrons. The second-order valence-electron chi connectivity index (χ2n) is 7.80. The van der Waals surface area contributed by atoms with Crippen molar-refractivity contribution in [2.24, 2.45) is 15.5 Å². The summed E-state index contributed by atoms with van der Waals surface area (Å²) in [5.41, 5.74) is 1.10. The highest BCUT2D eigenvalue weighted by Crippen LogP contribution is 2.38. The summed E-state index contributed by atoms with van der Waals surface area (Å²) < 4.78 is 0. The Morgan fingerprint density at radius 2 is 2.00 bits per heavy atom. The van der Waals surface area contributed by atoms with E-state index in [1.54, 1.807) is 24.4 Å². The second kappa shape index (κ2) is 6.20. The van der Waals surface area contributed by atoms with Gasteiger partial charge in [-0.1, -0.05) is 0 Å². The Kier molecular flexibility index (Phi) is 3.73. The summed E-state index contributed by atoms with van der Waals surface area (Å²) in [5, 5.41) is 24.2. The fourth-order valence-corrected chi connectivity index (χ4v) is 3.57. The fourth-order valence-electron chi connectivity index (χ4n) is 3.57. The quantitative estimate of drug-likeness (QED) is 0.453. The average Bonchev–Trinajstić information content (AvgIpc) is 3.36. The van der Waals surface area contributed by atoms with Gasteiger partial charge in [0.1, 0.15) is 17.3 Å². The summed E-state index contributed by atoms with van der Waals surface area (Å²) in [6, 6.07) is 6.75. The standard InChI is InChI=1S/C20H20N6O3/c1-20(9-15-17(28)25-19(29)24-15)10-21-26-16(22-12-4-5-12)8-14(23-18(20)26)11-2-6-13(27)7-3-11/h2-3,6-10,12,18,22,27H,4-5H2,1H3,(H2,24,25,28,29)/b15-9-. The number of phenolic OH excluding ortho intramolecular Hbond substituents is 1.